The maximum Gasteiger partial charge on any atom is 0.140 e. The van der Waals surface area contributed by atoms with Gasteiger partial charge in [-0.3, -0.25) is 10.00 Å². The number of aromatic nitrogens is 5. The van der Waals surface area contributed by atoms with Crippen LogP contribution in [0.1, 0.15) is 42.5 Å². The highest BCUT2D eigenvalue weighted by Crippen LogP contribution is 2.23. The lowest BCUT2D eigenvalue weighted by molar-refractivity contribution is 0.298. The summed E-state index contributed by atoms with van der Waals surface area (Å²) in [5.41, 5.74) is 3.99. The first-order chi connectivity index (χ1) is 9.78. The van der Waals surface area contributed by atoms with Crippen molar-refractivity contribution in [2.24, 2.45) is 0 Å². The lowest BCUT2D eigenvalue weighted by Gasteiger charge is -2.17. The molecule has 0 bridgehead atoms. The molecule has 2 aromatic rings. The quantitative estimate of drug-likeness (QED) is 0.898. The standard InChI is InChI=1S/C14H22N6/c1-3-20-14(15-10-16-20)9-19(2)8-13-11-6-4-5-7-12(11)17-18-13/h10H,3-9H2,1-2H3,(H,17,18). The summed E-state index contributed by atoms with van der Waals surface area (Å²) in [6.45, 7) is 4.61. The number of rotatable bonds is 5. The molecule has 6 nitrogen and oxygen atoms in total. The Hall–Kier alpha value is -1.69. The largest absolute Gasteiger partial charge is 0.293 e. The molecule has 1 aliphatic carbocycles. The molecule has 0 amide bonds. The van der Waals surface area contributed by atoms with E-state index in [1.807, 2.05) is 4.68 Å². The van der Waals surface area contributed by atoms with Crippen LogP contribution in [-0.4, -0.2) is 36.9 Å². The van der Waals surface area contributed by atoms with Crippen LogP contribution >= 0.6 is 0 Å². The Bertz CT molecular complexity index is 570. The first kappa shape index (κ1) is 13.3. The number of aryl methyl sites for hydroxylation is 2. The first-order valence-corrected chi connectivity index (χ1v) is 7.38. The van der Waals surface area contributed by atoms with Crippen LogP contribution in [0, 0.1) is 0 Å². The minimum atomic E-state index is 0.801. The molecule has 1 aliphatic rings. The van der Waals surface area contributed by atoms with E-state index in [0.717, 1.165) is 31.9 Å². The molecule has 108 valence electrons. The minimum Gasteiger partial charge on any atom is -0.293 e. The first-order valence-electron chi connectivity index (χ1n) is 7.38. The molecule has 1 N–H and O–H groups in total. The molecular weight excluding hydrogens is 252 g/mol. The van der Waals surface area contributed by atoms with E-state index in [1.54, 1.807) is 6.33 Å². The van der Waals surface area contributed by atoms with Gasteiger partial charge in [0.05, 0.1) is 12.2 Å². The Morgan fingerprint density at radius 1 is 1.30 bits per heavy atom. The molecule has 0 radical (unpaired) electrons. The van der Waals surface area contributed by atoms with Gasteiger partial charge in [0.25, 0.3) is 0 Å². The predicted molar refractivity (Wildman–Crippen MR) is 76.1 cm³/mol. The second kappa shape index (κ2) is 5.75. The fourth-order valence-electron chi connectivity index (χ4n) is 2.91. The van der Waals surface area contributed by atoms with Crippen LogP contribution in [0.5, 0.6) is 0 Å². The van der Waals surface area contributed by atoms with E-state index in [1.165, 1.54) is 36.2 Å². The van der Waals surface area contributed by atoms with E-state index < -0.39 is 0 Å². The topological polar surface area (TPSA) is 62.6 Å². The van der Waals surface area contributed by atoms with Gasteiger partial charge in [0.1, 0.15) is 12.2 Å². The molecule has 2 heterocycles. The highest BCUT2D eigenvalue weighted by Gasteiger charge is 2.18. The van der Waals surface area contributed by atoms with E-state index in [9.17, 15) is 0 Å². The van der Waals surface area contributed by atoms with Crippen molar-refractivity contribution in [1.82, 2.24) is 29.9 Å². The Balaban J connectivity index is 1.67. The molecule has 3 rings (SSSR count). The van der Waals surface area contributed by atoms with Crippen molar-refractivity contribution in [2.45, 2.75) is 52.2 Å². The summed E-state index contributed by atoms with van der Waals surface area (Å²) in [5.74, 6) is 1.01. The van der Waals surface area contributed by atoms with Gasteiger partial charge in [-0.2, -0.15) is 10.2 Å². The summed E-state index contributed by atoms with van der Waals surface area (Å²) >= 11 is 0. The van der Waals surface area contributed by atoms with Crippen LogP contribution in [0.15, 0.2) is 6.33 Å². The summed E-state index contributed by atoms with van der Waals surface area (Å²) in [4.78, 5) is 6.58. The molecule has 0 aliphatic heterocycles. The second-order valence-electron chi connectivity index (χ2n) is 5.50. The third kappa shape index (κ3) is 2.60. The van der Waals surface area contributed by atoms with Crippen molar-refractivity contribution < 1.29 is 0 Å². The fourth-order valence-corrected chi connectivity index (χ4v) is 2.91. The van der Waals surface area contributed by atoms with E-state index in [-0.39, 0.29) is 0 Å². The summed E-state index contributed by atoms with van der Waals surface area (Å²) < 4.78 is 1.94. The monoisotopic (exact) mass is 274 g/mol. The van der Waals surface area contributed by atoms with Gasteiger partial charge in [0, 0.05) is 18.8 Å². The molecule has 6 heteroatoms. The summed E-state index contributed by atoms with van der Waals surface area (Å²) in [5, 5.41) is 11.9. The zero-order valence-corrected chi connectivity index (χ0v) is 12.3. The third-order valence-corrected chi connectivity index (χ3v) is 3.97. The van der Waals surface area contributed by atoms with Crippen molar-refractivity contribution in [1.29, 1.82) is 0 Å². The van der Waals surface area contributed by atoms with Crippen molar-refractivity contribution in [3.05, 3.63) is 29.1 Å². The number of nitrogens with zero attached hydrogens (tertiary/aromatic N) is 5. The van der Waals surface area contributed by atoms with Gasteiger partial charge in [-0.05, 0) is 45.2 Å². The number of aromatic amines is 1. The van der Waals surface area contributed by atoms with Crippen LogP contribution in [0.3, 0.4) is 0 Å². The van der Waals surface area contributed by atoms with Crippen LogP contribution in [0.2, 0.25) is 0 Å². The molecule has 0 unspecified atom stereocenters. The summed E-state index contributed by atoms with van der Waals surface area (Å²) in [7, 11) is 2.11. The molecule has 0 atom stereocenters. The number of nitrogens with one attached hydrogen (secondary N) is 1. The second-order valence-corrected chi connectivity index (χ2v) is 5.50. The van der Waals surface area contributed by atoms with Crippen LogP contribution < -0.4 is 0 Å². The highest BCUT2D eigenvalue weighted by molar-refractivity contribution is 5.27. The lowest BCUT2D eigenvalue weighted by atomic mass is 9.96. The number of hydrogen-bond acceptors (Lipinski definition) is 4. The molecule has 0 saturated heterocycles. The molecule has 20 heavy (non-hydrogen) atoms. The van der Waals surface area contributed by atoms with Gasteiger partial charge < -0.3 is 0 Å². The smallest absolute Gasteiger partial charge is 0.140 e. The molecular formula is C14H22N6. The van der Waals surface area contributed by atoms with E-state index >= 15 is 0 Å². The maximum absolute atomic E-state index is 4.50. The van der Waals surface area contributed by atoms with Crippen LogP contribution in [0.25, 0.3) is 0 Å². The highest BCUT2D eigenvalue weighted by atomic mass is 15.3. The van der Waals surface area contributed by atoms with Gasteiger partial charge in [-0.25, -0.2) is 9.67 Å². The van der Waals surface area contributed by atoms with Crippen molar-refractivity contribution in [3.8, 4) is 0 Å². The Morgan fingerprint density at radius 2 is 2.15 bits per heavy atom. The predicted octanol–water partition coefficient (Wildman–Crippen LogP) is 1.53. The van der Waals surface area contributed by atoms with Gasteiger partial charge >= 0.3 is 0 Å². The number of H-pyrrole nitrogens is 1. The third-order valence-electron chi connectivity index (χ3n) is 3.97. The van der Waals surface area contributed by atoms with E-state index in [4.69, 9.17) is 0 Å². The Labute approximate surface area is 119 Å². The van der Waals surface area contributed by atoms with Crippen LogP contribution in [-0.2, 0) is 32.5 Å². The van der Waals surface area contributed by atoms with Gasteiger partial charge in [-0.15, -0.1) is 0 Å². The summed E-state index contributed by atoms with van der Waals surface area (Å²) in [6.07, 6.45) is 6.51. The van der Waals surface area contributed by atoms with E-state index in [2.05, 4.69) is 39.2 Å². The van der Waals surface area contributed by atoms with Crippen molar-refractivity contribution in [2.75, 3.05) is 7.05 Å². The van der Waals surface area contributed by atoms with E-state index in [0.29, 0.717) is 0 Å². The summed E-state index contributed by atoms with van der Waals surface area (Å²) in [6, 6.07) is 0. The molecule has 0 aromatic carbocycles. The molecule has 0 fully saturated rings. The average molecular weight is 274 g/mol. The molecule has 2 aromatic heterocycles. The van der Waals surface area contributed by atoms with Gasteiger partial charge in [0.2, 0.25) is 0 Å². The van der Waals surface area contributed by atoms with Gasteiger partial charge in [-0.1, -0.05) is 0 Å². The SMILES string of the molecule is CCn1ncnc1CN(C)Cc1n[nH]c2c1CCCC2. The minimum absolute atomic E-state index is 0.801. The lowest BCUT2D eigenvalue weighted by Crippen LogP contribution is -2.21. The number of fused-ring (bicyclic) bond motifs is 1. The van der Waals surface area contributed by atoms with Crippen LogP contribution in [0.4, 0.5) is 0 Å². The molecule has 0 saturated carbocycles. The zero-order valence-electron chi connectivity index (χ0n) is 12.3. The van der Waals surface area contributed by atoms with Crippen molar-refractivity contribution >= 4 is 0 Å². The fraction of sp³-hybridized carbons (Fsp3) is 0.643. The maximum atomic E-state index is 4.50. The van der Waals surface area contributed by atoms with Gasteiger partial charge in [0.15, 0.2) is 0 Å². The number of hydrogen-bond donors (Lipinski definition) is 1. The zero-order chi connectivity index (χ0) is 13.9. The van der Waals surface area contributed by atoms with Crippen molar-refractivity contribution in [3.63, 3.8) is 0 Å². The Morgan fingerprint density at radius 3 is 3.00 bits per heavy atom. The molecule has 0 spiro atoms. The average Bonchev–Trinajstić information content (AvgIpc) is 3.06. The Kier molecular flexibility index (Phi) is 3.82. The normalized spacial score (nSPS) is 14.8.